The minimum Gasteiger partial charge on any atom is -0.299 e. The van der Waals surface area contributed by atoms with E-state index in [1.54, 1.807) is 0 Å². The first kappa shape index (κ1) is 14.4. The van der Waals surface area contributed by atoms with E-state index in [1.165, 1.54) is 0 Å². The molecule has 0 aromatic carbocycles. The molecule has 0 spiro atoms. The molecule has 0 aliphatic heterocycles. The van der Waals surface area contributed by atoms with Crippen LogP contribution in [-0.4, -0.2) is 5.78 Å². The summed E-state index contributed by atoms with van der Waals surface area (Å²) in [4.78, 5) is 12.0. The van der Waals surface area contributed by atoms with E-state index >= 15 is 0 Å². The van der Waals surface area contributed by atoms with Crippen LogP contribution in [0.2, 0.25) is 0 Å². The predicted octanol–water partition coefficient (Wildman–Crippen LogP) is 4.23. The van der Waals surface area contributed by atoms with Gasteiger partial charge >= 0.3 is 0 Å². The molecule has 0 heterocycles. The summed E-state index contributed by atoms with van der Waals surface area (Å²) in [5, 5.41) is 0. The third kappa shape index (κ3) is 7.35. The Morgan fingerprint density at radius 2 is 1.87 bits per heavy atom. The van der Waals surface area contributed by atoms with Crippen molar-refractivity contribution < 1.29 is 4.79 Å². The monoisotopic (exact) mass is 210 g/mol. The molecule has 0 rings (SSSR count). The summed E-state index contributed by atoms with van der Waals surface area (Å²) in [6.45, 7) is 14.5. The van der Waals surface area contributed by atoms with Gasteiger partial charge in [-0.1, -0.05) is 40.7 Å². The van der Waals surface area contributed by atoms with Crippen LogP contribution in [0.5, 0.6) is 0 Å². The molecule has 0 radical (unpaired) electrons. The highest BCUT2D eigenvalue weighted by atomic mass is 16.1. The lowest BCUT2D eigenvalue weighted by atomic mass is 9.80. The molecule has 0 amide bonds. The Morgan fingerprint density at radius 3 is 2.20 bits per heavy atom. The average Bonchev–Trinajstić information content (AvgIpc) is 1.99. The van der Waals surface area contributed by atoms with Gasteiger partial charge in [0.1, 0.15) is 5.78 Å². The van der Waals surface area contributed by atoms with Gasteiger partial charge in [0.25, 0.3) is 0 Å². The van der Waals surface area contributed by atoms with Gasteiger partial charge in [0.15, 0.2) is 0 Å². The largest absolute Gasteiger partial charge is 0.299 e. The Balaban J connectivity index is 4.38. The van der Waals surface area contributed by atoms with Crippen LogP contribution in [0, 0.1) is 17.3 Å². The number of hydrogen-bond donors (Lipinski definition) is 0. The summed E-state index contributed by atoms with van der Waals surface area (Å²) >= 11 is 0. The Kier molecular flexibility index (Phi) is 5.85. The number of Topliss-reactive ketones (excluding diaryl/α,β-unsaturated/α-hetero) is 1. The second-order valence-electron chi connectivity index (χ2n) is 6.05. The van der Waals surface area contributed by atoms with Crippen molar-refractivity contribution in [1.29, 1.82) is 0 Å². The maximum atomic E-state index is 12.0. The lowest BCUT2D eigenvalue weighted by Gasteiger charge is -2.24. The molecule has 0 aliphatic carbocycles. The van der Waals surface area contributed by atoms with Gasteiger partial charge in [0.2, 0.25) is 0 Å². The van der Waals surface area contributed by atoms with Gasteiger partial charge in [-0.05, 0) is 24.2 Å². The molecule has 0 bridgehead atoms. The number of rotatable bonds is 6. The molecule has 0 aromatic heterocycles. The number of carbonyl (C=O) groups is 1. The Hall–Kier alpha value is -0.590. The molecule has 0 saturated carbocycles. The van der Waals surface area contributed by atoms with Crippen LogP contribution in [-0.2, 0) is 4.79 Å². The molecule has 0 aromatic rings. The predicted molar refractivity (Wildman–Crippen MR) is 66.8 cm³/mol. The van der Waals surface area contributed by atoms with Gasteiger partial charge in [-0.25, -0.2) is 0 Å². The molecule has 1 nitrogen and oxygen atoms in total. The van der Waals surface area contributed by atoms with Crippen molar-refractivity contribution in [3.63, 3.8) is 0 Å². The molecule has 1 heteroatoms. The van der Waals surface area contributed by atoms with E-state index < -0.39 is 0 Å². The molecule has 1 atom stereocenters. The third-order valence-electron chi connectivity index (χ3n) is 2.37. The van der Waals surface area contributed by atoms with E-state index in [2.05, 4.69) is 41.2 Å². The van der Waals surface area contributed by atoms with Gasteiger partial charge in [0.05, 0.1) is 0 Å². The van der Waals surface area contributed by atoms with Crippen molar-refractivity contribution >= 4 is 5.78 Å². The zero-order valence-electron chi connectivity index (χ0n) is 11.0. The zero-order chi connectivity index (χ0) is 12.1. The van der Waals surface area contributed by atoms with Crippen molar-refractivity contribution in [1.82, 2.24) is 0 Å². The normalized spacial score (nSPS) is 14.0. The summed E-state index contributed by atoms with van der Waals surface area (Å²) in [7, 11) is 0. The van der Waals surface area contributed by atoms with Crippen molar-refractivity contribution in [2.24, 2.45) is 17.3 Å². The Morgan fingerprint density at radius 1 is 1.33 bits per heavy atom. The van der Waals surface area contributed by atoms with Gasteiger partial charge < -0.3 is 0 Å². The summed E-state index contributed by atoms with van der Waals surface area (Å²) < 4.78 is 0. The van der Waals surface area contributed by atoms with Crippen molar-refractivity contribution in [3.05, 3.63) is 12.7 Å². The van der Waals surface area contributed by atoms with Gasteiger partial charge in [-0.3, -0.25) is 4.79 Å². The molecule has 0 aliphatic rings. The molecule has 0 fully saturated rings. The van der Waals surface area contributed by atoms with E-state index in [0.29, 0.717) is 18.1 Å². The van der Waals surface area contributed by atoms with Crippen molar-refractivity contribution in [2.45, 2.75) is 53.9 Å². The first-order valence-electron chi connectivity index (χ1n) is 5.90. The summed E-state index contributed by atoms with van der Waals surface area (Å²) in [6, 6.07) is 0. The highest BCUT2D eigenvalue weighted by Crippen LogP contribution is 2.28. The summed E-state index contributed by atoms with van der Waals surface area (Å²) in [6.07, 6.45) is 4.36. The fourth-order valence-electron chi connectivity index (χ4n) is 1.84. The first-order valence-corrected chi connectivity index (χ1v) is 5.90. The van der Waals surface area contributed by atoms with E-state index in [9.17, 15) is 4.79 Å². The van der Waals surface area contributed by atoms with Crippen LogP contribution >= 0.6 is 0 Å². The fourth-order valence-corrected chi connectivity index (χ4v) is 1.84. The minimum atomic E-state index is 0.171. The molecular weight excluding hydrogens is 184 g/mol. The summed E-state index contributed by atoms with van der Waals surface area (Å²) in [5.41, 5.74) is 0.223. The standard InChI is InChI=1S/C14H26O/c1-7-8-12(10-14(4,5)6)13(15)9-11(2)3/h7,11-12H,1,8-10H2,2-6H3. The van der Waals surface area contributed by atoms with Crippen LogP contribution in [0.1, 0.15) is 53.9 Å². The molecule has 0 N–H and O–H groups in total. The highest BCUT2D eigenvalue weighted by molar-refractivity contribution is 5.81. The Bertz CT molecular complexity index is 208. The highest BCUT2D eigenvalue weighted by Gasteiger charge is 2.23. The SMILES string of the molecule is C=CCC(CC(C)(C)C)C(=O)CC(C)C. The zero-order valence-corrected chi connectivity index (χ0v) is 11.0. The lowest BCUT2D eigenvalue weighted by molar-refractivity contribution is -0.124. The van der Waals surface area contributed by atoms with E-state index in [1.807, 2.05) is 6.08 Å². The third-order valence-corrected chi connectivity index (χ3v) is 2.37. The smallest absolute Gasteiger partial charge is 0.136 e. The second kappa shape index (κ2) is 6.09. The number of carbonyl (C=O) groups excluding carboxylic acids is 1. The average molecular weight is 210 g/mol. The van der Waals surface area contributed by atoms with Gasteiger partial charge in [0, 0.05) is 12.3 Å². The van der Waals surface area contributed by atoms with E-state index in [-0.39, 0.29) is 11.3 Å². The summed E-state index contributed by atoms with van der Waals surface area (Å²) in [5.74, 6) is 1.04. The number of ketones is 1. The van der Waals surface area contributed by atoms with Crippen LogP contribution < -0.4 is 0 Å². The second-order valence-corrected chi connectivity index (χ2v) is 6.05. The molecule has 15 heavy (non-hydrogen) atoms. The van der Waals surface area contributed by atoms with E-state index in [0.717, 1.165) is 12.8 Å². The van der Waals surface area contributed by atoms with E-state index in [4.69, 9.17) is 0 Å². The van der Waals surface area contributed by atoms with Gasteiger partial charge in [-0.15, -0.1) is 6.58 Å². The lowest BCUT2D eigenvalue weighted by Crippen LogP contribution is -2.22. The molecule has 0 saturated heterocycles. The van der Waals surface area contributed by atoms with Crippen molar-refractivity contribution in [3.8, 4) is 0 Å². The molecular formula is C14H26O. The van der Waals surface area contributed by atoms with Crippen LogP contribution in [0.25, 0.3) is 0 Å². The number of allylic oxidation sites excluding steroid dienone is 1. The quantitative estimate of drug-likeness (QED) is 0.600. The molecule has 1 unspecified atom stereocenters. The Labute approximate surface area is 95.0 Å². The maximum absolute atomic E-state index is 12.0. The maximum Gasteiger partial charge on any atom is 0.136 e. The minimum absolute atomic E-state index is 0.171. The topological polar surface area (TPSA) is 17.1 Å². The van der Waals surface area contributed by atoms with Crippen LogP contribution in [0.15, 0.2) is 12.7 Å². The van der Waals surface area contributed by atoms with Gasteiger partial charge in [-0.2, -0.15) is 0 Å². The van der Waals surface area contributed by atoms with Crippen molar-refractivity contribution in [2.75, 3.05) is 0 Å². The first-order chi connectivity index (χ1) is 6.76. The van der Waals surface area contributed by atoms with Crippen LogP contribution in [0.3, 0.4) is 0 Å². The fraction of sp³-hybridized carbons (Fsp3) is 0.786. The number of hydrogen-bond acceptors (Lipinski definition) is 1. The molecule has 88 valence electrons. The van der Waals surface area contributed by atoms with Crippen LogP contribution in [0.4, 0.5) is 0 Å².